The third kappa shape index (κ3) is 1.67. The molecule has 14 heavy (non-hydrogen) atoms. The van der Waals surface area contributed by atoms with Crippen LogP contribution in [0, 0.1) is 5.82 Å². The molecule has 3 heteroatoms. The lowest BCUT2D eigenvalue weighted by atomic mass is 9.92. The predicted molar refractivity (Wildman–Crippen MR) is 55.0 cm³/mol. The summed E-state index contributed by atoms with van der Waals surface area (Å²) in [5.74, 6) is -0.285. The van der Waals surface area contributed by atoms with Gasteiger partial charge in [0.2, 0.25) is 0 Å². The Kier molecular flexibility index (Phi) is 2.31. The minimum atomic E-state index is -0.285. The molecule has 0 saturated heterocycles. The Balaban J connectivity index is 2.57. The molecule has 0 bridgehead atoms. The molecule has 1 aromatic carbocycles. The SMILES string of the molecule is [B]c1ccc(F)c(-c2cccnc2)c1. The lowest BCUT2D eigenvalue weighted by Crippen LogP contribution is -2.02. The molecule has 2 aromatic rings. The van der Waals surface area contributed by atoms with Crippen molar-refractivity contribution in [1.82, 2.24) is 4.98 Å². The minimum Gasteiger partial charge on any atom is -0.264 e. The van der Waals surface area contributed by atoms with E-state index in [-0.39, 0.29) is 5.82 Å². The summed E-state index contributed by atoms with van der Waals surface area (Å²) in [6.45, 7) is 0. The lowest BCUT2D eigenvalue weighted by molar-refractivity contribution is 0.631. The first-order chi connectivity index (χ1) is 6.77. The van der Waals surface area contributed by atoms with Gasteiger partial charge in [-0.3, -0.25) is 4.98 Å². The third-order valence-electron chi connectivity index (χ3n) is 1.96. The molecule has 0 spiro atoms. The molecule has 2 rings (SSSR count). The molecule has 66 valence electrons. The molecule has 2 radical (unpaired) electrons. The average Bonchev–Trinajstić information content (AvgIpc) is 2.23. The molecular weight excluding hydrogens is 176 g/mol. The number of hydrogen-bond donors (Lipinski definition) is 0. The Hall–Kier alpha value is -1.64. The monoisotopic (exact) mass is 183 g/mol. The highest BCUT2D eigenvalue weighted by atomic mass is 19.1. The number of rotatable bonds is 1. The molecule has 0 aliphatic rings. The highest BCUT2D eigenvalue weighted by Crippen LogP contribution is 2.19. The van der Waals surface area contributed by atoms with E-state index in [1.54, 1.807) is 30.6 Å². The zero-order valence-corrected chi connectivity index (χ0v) is 7.44. The van der Waals surface area contributed by atoms with Gasteiger partial charge in [0.1, 0.15) is 13.7 Å². The molecule has 0 fully saturated rings. The van der Waals surface area contributed by atoms with Gasteiger partial charge in [0.05, 0.1) is 0 Å². The van der Waals surface area contributed by atoms with Gasteiger partial charge in [-0.1, -0.05) is 23.7 Å². The zero-order chi connectivity index (χ0) is 9.97. The minimum absolute atomic E-state index is 0.285. The van der Waals surface area contributed by atoms with E-state index >= 15 is 0 Å². The van der Waals surface area contributed by atoms with Gasteiger partial charge < -0.3 is 0 Å². The van der Waals surface area contributed by atoms with Crippen LogP contribution in [0.2, 0.25) is 0 Å². The maximum absolute atomic E-state index is 13.4. The van der Waals surface area contributed by atoms with Gasteiger partial charge in [-0.15, -0.1) is 0 Å². The normalized spacial score (nSPS) is 10.1. The van der Waals surface area contributed by atoms with Crippen molar-refractivity contribution < 1.29 is 4.39 Å². The van der Waals surface area contributed by atoms with Gasteiger partial charge >= 0.3 is 0 Å². The second kappa shape index (κ2) is 3.62. The van der Waals surface area contributed by atoms with Crippen molar-refractivity contribution >= 4 is 13.3 Å². The van der Waals surface area contributed by atoms with E-state index in [0.717, 1.165) is 5.56 Å². The molecular formula is C11H7BFN. The molecule has 0 saturated carbocycles. The Labute approximate surface area is 83.0 Å². The molecule has 0 unspecified atom stereocenters. The summed E-state index contributed by atoms with van der Waals surface area (Å²) < 4.78 is 13.4. The fourth-order valence-corrected chi connectivity index (χ4v) is 1.29. The van der Waals surface area contributed by atoms with Crippen molar-refractivity contribution in [2.75, 3.05) is 0 Å². The highest BCUT2D eigenvalue weighted by Gasteiger charge is 2.03. The van der Waals surface area contributed by atoms with Crippen molar-refractivity contribution in [2.45, 2.75) is 0 Å². The summed E-state index contributed by atoms with van der Waals surface area (Å²) >= 11 is 0. The van der Waals surface area contributed by atoms with Crippen LogP contribution in [0.15, 0.2) is 42.7 Å². The molecule has 0 aliphatic carbocycles. The Bertz CT molecular complexity index is 442. The summed E-state index contributed by atoms with van der Waals surface area (Å²) in [5.41, 5.74) is 1.76. The number of benzene rings is 1. The van der Waals surface area contributed by atoms with Crippen LogP contribution in [-0.2, 0) is 0 Å². The van der Waals surface area contributed by atoms with E-state index in [9.17, 15) is 4.39 Å². The van der Waals surface area contributed by atoms with Crippen molar-refractivity contribution in [3.63, 3.8) is 0 Å². The maximum Gasteiger partial charge on any atom is 0.131 e. The lowest BCUT2D eigenvalue weighted by Gasteiger charge is -2.03. The van der Waals surface area contributed by atoms with Crippen LogP contribution in [0.4, 0.5) is 4.39 Å². The molecule has 0 aliphatic heterocycles. The molecule has 0 amide bonds. The molecule has 0 atom stereocenters. The first-order valence-electron chi connectivity index (χ1n) is 4.23. The number of pyridine rings is 1. The Morgan fingerprint density at radius 2 is 2.07 bits per heavy atom. The van der Waals surface area contributed by atoms with Crippen LogP contribution in [0.3, 0.4) is 0 Å². The van der Waals surface area contributed by atoms with E-state index in [2.05, 4.69) is 4.98 Å². The molecule has 1 heterocycles. The van der Waals surface area contributed by atoms with Crippen LogP contribution in [0.1, 0.15) is 0 Å². The standard InChI is InChI=1S/C11H7BFN/c12-9-3-4-11(13)10(6-9)8-2-1-5-14-7-8/h1-7H. The predicted octanol–water partition coefficient (Wildman–Crippen LogP) is 1.68. The summed E-state index contributed by atoms with van der Waals surface area (Å²) in [7, 11) is 5.58. The first-order valence-corrected chi connectivity index (χ1v) is 4.23. The fourth-order valence-electron chi connectivity index (χ4n) is 1.29. The Morgan fingerprint density at radius 3 is 2.79 bits per heavy atom. The van der Waals surface area contributed by atoms with Gasteiger partial charge in [-0.2, -0.15) is 0 Å². The van der Waals surface area contributed by atoms with Crippen molar-refractivity contribution in [3.05, 3.63) is 48.5 Å². The second-order valence-corrected chi connectivity index (χ2v) is 2.98. The van der Waals surface area contributed by atoms with Crippen molar-refractivity contribution in [1.29, 1.82) is 0 Å². The van der Waals surface area contributed by atoms with Crippen LogP contribution < -0.4 is 5.46 Å². The first kappa shape index (κ1) is 8.94. The van der Waals surface area contributed by atoms with Gasteiger partial charge in [0, 0.05) is 23.5 Å². The van der Waals surface area contributed by atoms with E-state index < -0.39 is 0 Å². The molecule has 1 aromatic heterocycles. The second-order valence-electron chi connectivity index (χ2n) is 2.98. The quantitative estimate of drug-likeness (QED) is 0.613. The van der Waals surface area contributed by atoms with E-state index in [1.807, 2.05) is 0 Å². The topological polar surface area (TPSA) is 12.9 Å². The van der Waals surface area contributed by atoms with E-state index in [0.29, 0.717) is 11.0 Å². The van der Waals surface area contributed by atoms with Gasteiger partial charge in [0.15, 0.2) is 0 Å². The number of halogens is 1. The van der Waals surface area contributed by atoms with E-state index in [1.165, 1.54) is 12.1 Å². The molecule has 1 nitrogen and oxygen atoms in total. The fraction of sp³-hybridized carbons (Fsp3) is 0. The largest absolute Gasteiger partial charge is 0.264 e. The number of aromatic nitrogens is 1. The van der Waals surface area contributed by atoms with Crippen molar-refractivity contribution in [2.24, 2.45) is 0 Å². The van der Waals surface area contributed by atoms with Gasteiger partial charge in [0.25, 0.3) is 0 Å². The molecule has 0 N–H and O–H groups in total. The van der Waals surface area contributed by atoms with E-state index in [4.69, 9.17) is 7.85 Å². The van der Waals surface area contributed by atoms with Gasteiger partial charge in [-0.05, 0) is 12.1 Å². The maximum atomic E-state index is 13.4. The van der Waals surface area contributed by atoms with Crippen LogP contribution in [-0.4, -0.2) is 12.8 Å². The van der Waals surface area contributed by atoms with Crippen molar-refractivity contribution in [3.8, 4) is 11.1 Å². The Morgan fingerprint density at radius 1 is 1.21 bits per heavy atom. The summed E-state index contributed by atoms with van der Waals surface area (Å²) in [6, 6.07) is 8.06. The van der Waals surface area contributed by atoms with Crippen LogP contribution >= 0.6 is 0 Å². The summed E-state index contributed by atoms with van der Waals surface area (Å²) in [5, 5.41) is 0. The third-order valence-corrected chi connectivity index (χ3v) is 1.96. The smallest absolute Gasteiger partial charge is 0.131 e. The zero-order valence-electron chi connectivity index (χ0n) is 7.44. The summed E-state index contributed by atoms with van der Waals surface area (Å²) in [6.07, 6.45) is 3.26. The highest BCUT2D eigenvalue weighted by molar-refractivity contribution is 6.32. The van der Waals surface area contributed by atoms with Crippen LogP contribution in [0.25, 0.3) is 11.1 Å². The van der Waals surface area contributed by atoms with Crippen LogP contribution in [0.5, 0.6) is 0 Å². The summed E-state index contributed by atoms with van der Waals surface area (Å²) in [4.78, 5) is 3.92. The number of hydrogen-bond acceptors (Lipinski definition) is 1. The van der Waals surface area contributed by atoms with Gasteiger partial charge in [-0.25, -0.2) is 4.39 Å². The number of nitrogens with zero attached hydrogens (tertiary/aromatic N) is 1. The average molecular weight is 183 g/mol.